The molecule has 0 aliphatic carbocycles. The van der Waals surface area contributed by atoms with E-state index in [2.05, 4.69) is 10.1 Å². The summed E-state index contributed by atoms with van der Waals surface area (Å²) >= 11 is 0. The summed E-state index contributed by atoms with van der Waals surface area (Å²) in [4.78, 5) is 24.8. The van der Waals surface area contributed by atoms with E-state index in [1.807, 2.05) is 0 Å². The van der Waals surface area contributed by atoms with Gasteiger partial charge in [-0.2, -0.15) is 0 Å². The van der Waals surface area contributed by atoms with Crippen molar-refractivity contribution < 1.29 is 19.1 Å². The molecule has 4 N–H and O–H groups in total. The van der Waals surface area contributed by atoms with Gasteiger partial charge in [0.15, 0.2) is 0 Å². The van der Waals surface area contributed by atoms with Crippen molar-refractivity contribution in [3.8, 4) is 0 Å². The molecule has 1 rings (SSSR count). The standard InChI is InChI=1S/C14H26N4O4/c1-14(2,3)22-13(20)17-12(16)18-7-5-9(6-8-18)10(15)11(19)21-4/h9-10H,5-8,15H2,1-4H3,(H2,16,17,20)/t10-/m0/s1. The van der Waals surface area contributed by atoms with Crippen LogP contribution < -0.4 is 11.1 Å². The van der Waals surface area contributed by atoms with Crippen LogP contribution in [0.1, 0.15) is 33.6 Å². The Morgan fingerprint density at radius 2 is 1.86 bits per heavy atom. The summed E-state index contributed by atoms with van der Waals surface area (Å²) < 4.78 is 9.75. The van der Waals surface area contributed by atoms with E-state index in [0.717, 1.165) is 0 Å². The molecule has 22 heavy (non-hydrogen) atoms. The number of rotatable bonds is 2. The third-order valence-electron chi connectivity index (χ3n) is 3.46. The molecule has 1 aliphatic heterocycles. The maximum absolute atomic E-state index is 11.6. The molecule has 1 saturated heterocycles. The summed E-state index contributed by atoms with van der Waals surface area (Å²) in [6, 6.07) is -0.639. The van der Waals surface area contributed by atoms with E-state index in [1.54, 1.807) is 25.7 Å². The number of alkyl carbamates (subject to hydrolysis) is 1. The number of piperidine rings is 1. The smallest absolute Gasteiger partial charge is 0.414 e. The lowest BCUT2D eigenvalue weighted by atomic mass is 9.90. The number of ether oxygens (including phenoxy) is 2. The topological polar surface area (TPSA) is 118 Å². The summed E-state index contributed by atoms with van der Waals surface area (Å²) in [5, 5.41) is 10.3. The number of esters is 1. The first-order valence-corrected chi connectivity index (χ1v) is 7.31. The van der Waals surface area contributed by atoms with E-state index in [-0.39, 0.29) is 11.9 Å². The van der Waals surface area contributed by atoms with Gasteiger partial charge >= 0.3 is 12.1 Å². The molecular formula is C14H26N4O4. The highest BCUT2D eigenvalue weighted by atomic mass is 16.6. The van der Waals surface area contributed by atoms with Crippen LogP contribution in [0.2, 0.25) is 0 Å². The minimum Gasteiger partial charge on any atom is -0.468 e. The third-order valence-corrected chi connectivity index (χ3v) is 3.46. The number of likely N-dealkylation sites (tertiary alicyclic amines) is 1. The zero-order valence-electron chi connectivity index (χ0n) is 13.6. The number of amides is 1. The monoisotopic (exact) mass is 314 g/mol. The Kier molecular flexibility index (Phi) is 6.16. The van der Waals surface area contributed by atoms with Gasteiger partial charge in [-0.25, -0.2) is 4.79 Å². The van der Waals surface area contributed by atoms with Crippen molar-refractivity contribution in [3.63, 3.8) is 0 Å². The van der Waals surface area contributed by atoms with Crippen LogP contribution in [0, 0.1) is 11.3 Å². The molecule has 0 aromatic rings. The van der Waals surface area contributed by atoms with E-state index < -0.39 is 23.7 Å². The van der Waals surface area contributed by atoms with Crippen molar-refractivity contribution in [2.24, 2.45) is 11.7 Å². The van der Waals surface area contributed by atoms with E-state index in [9.17, 15) is 9.59 Å². The lowest BCUT2D eigenvalue weighted by Gasteiger charge is -2.35. The fourth-order valence-electron chi connectivity index (χ4n) is 2.29. The Bertz CT molecular complexity index is 425. The van der Waals surface area contributed by atoms with Gasteiger partial charge in [0.2, 0.25) is 5.96 Å². The summed E-state index contributed by atoms with van der Waals surface area (Å²) in [7, 11) is 1.32. The number of hydrogen-bond donors (Lipinski definition) is 3. The second-order valence-electron chi connectivity index (χ2n) is 6.35. The maximum Gasteiger partial charge on any atom is 0.414 e. The zero-order valence-corrected chi connectivity index (χ0v) is 13.6. The molecule has 0 aromatic carbocycles. The average Bonchev–Trinajstić information content (AvgIpc) is 2.43. The van der Waals surface area contributed by atoms with Crippen LogP contribution in [0.15, 0.2) is 0 Å². The van der Waals surface area contributed by atoms with Gasteiger partial charge in [0.05, 0.1) is 7.11 Å². The molecule has 0 unspecified atom stereocenters. The molecule has 8 heteroatoms. The lowest BCUT2D eigenvalue weighted by Crippen LogP contribution is -2.51. The van der Waals surface area contributed by atoms with Gasteiger partial charge < -0.3 is 20.1 Å². The molecule has 1 heterocycles. The van der Waals surface area contributed by atoms with E-state index >= 15 is 0 Å². The first-order chi connectivity index (χ1) is 10.1. The first kappa shape index (κ1) is 18.2. The van der Waals surface area contributed by atoms with Gasteiger partial charge in [-0.1, -0.05) is 0 Å². The average molecular weight is 314 g/mol. The normalized spacial score (nSPS) is 17.6. The molecule has 1 aliphatic rings. The summed E-state index contributed by atoms with van der Waals surface area (Å²) in [5.74, 6) is -0.391. The molecule has 0 radical (unpaired) electrons. The second kappa shape index (κ2) is 7.44. The lowest BCUT2D eigenvalue weighted by molar-refractivity contribution is -0.143. The third kappa shape index (κ3) is 5.51. The van der Waals surface area contributed by atoms with Crippen LogP contribution in [0.25, 0.3) is 0 Å². The molecule has 0 bridgehead atoms. The van der Waals surface area contributed by atoms with Crippen molar-refractivity contribution in [3.05, 3.63) is 0 Å². The molecule has 126 valence electrons. The van der Waals surface area contributed by atoms with Crippen LogP contribution >= 0.6 is 0 Å². The number of guanidine groups is 1. The van der Waals surface area contributed by atoms with Gasteiger partial charge in [0.25, 0.3) is 0 Å². The molecule has 1 atom stereocenters. The Balaban J connectivity index is 2.43. The summed E-state index contributed by atoms with van der Waals surface area (Å²) in [6.45, 7) is 6.37. The van der Waals surface area contributed by atoms with E-state index in [4.69, 9.17) is 15.9 Å². The Labute approximate surface area is 130 Å². The van der Waals surface area contributed by atoms with Gasteiger partial charge in [-0.15, -0.1) is 0 Å². The van der Waals surface area contributed by atoms with Crippen molar-refractivity contribution in [2.45, 2.75) is 45.3 Å². The number of nitrogens with two attached hydrogens (primary N) is 1. The highest BCUT2D eigenvalue weighted by molar-refractivity contribution is 5.92. The Morgan fingerprint density at radius 1 is 1.32 bits per heavy atom. The number of nitrogens with zero attached hydrogens (tertiary/aromatic N) is 1. The van der Waals surface area contributed by atoms with Gasteiger partial charge in [-0.3, -0.25) is 15.5 Å². The van der Waals surface area contributed by atoms with Crippen molar-refractivity contribution in [1.29, 1.82) is 5.41 Å². The van der Waals surface area contributed by atoms with Crippen molar-refractivity contribution in [1.82, 2.24) is 10.2 Å². The first-order valence-electron chi connectivity index (χ1n) is 7.31. The number of hydrogen-bond acceptors (Lipinski definition) is 6. The summed E-state index contributed by atoms with van der Waals surface area (Å²) in [6.07, 6.45) is 0.675. The molecule has 0 spiro atoms. The van der Waals surface area contributed by atoms with Crippen LogP contribution in [0.3, 0.4) is 0 Å². The maximum atomic E-state index is 11.6. The molecule has 0 aromatic heterocycles. The Morgan fingerprint density at radius 3 is 2.32 bits per heavy atom. The van der Waals surface area contributed by atoms with Crippen LogP contribution in [-0.4, -0.2) is 54.8 Å². The van der Waals surface area contributed by atoms with E-state index in [1.165, 1.54) is 7.11 Å². The largest absolute Gasteiger partial charge is 0.468 e. The minimum absolute atomic E-state index is 0.000612. The molecule has 1 amide bonds. The number of carbonyl (C=O) groups is 2. The fourth-order valence-corrected chi connectivity index (χ4v) is 2.29. The SMILES string of the molecule is COC(=O)[C@@H](N)C1CCN(C(=N)NC(=O)OC(C)(C)C)CC1. The Hall–Kier alpha value is -1.83. The second-order valence-corrected chi connectivity index (χ2v) is 6.35. The minimum atomic E-state index is -0.647. The highest BCUT2D eigenvalue weighted by Gasteiger charge is 2.30. The molecule has 8 nitrogen and oxygen atoms in total. The predicted octanol–water partition coefficient (Wildman–Crippen LogP) is 0.658. The number of nitrogens with one attached hydrogen (secondary N) is 2. The fraction of sp³-hybridized carbons (Fsp3) is 0.786. The van der Waals surface area contributed by atoms with Crippen LogP contribution in [0.5, 0.6) is 0 Å². The van der Waals surface area contributed by atoms with E-state index in [0.29, 0.717) is 25.9 Å². The van der Waals surface area contributed by atoms with Crippen LogP contribution in [-0.2, 0) is 14.3 Å². The van der Waals surface area contributed by atoms with Gasteiger partial charge in [-0.05, 0) is 39.5 Å². The number of carbonyl (C=O) groups excluding carboxylic acids is 2. The molecule has 1 fully saturated rings. The molecular weight excluding hydrogens is 288 g/mol. The highest BCUT2D eigenvalue weighted by Crippen LogP contribution is 2.20. The molecule has 0 saturated carbocycles. The quantitative estimate of drug-likeness (QED) is 0.391. The van der Waals surface area contributed by atoms with Crippen LogP contribution in [0.4, 0.5) is 4.79 Å². The zero-order chi connectivity index (χ0) is 16.9. The van der Waals surface area contributed by atoms with Gasteiger partial charge in [0, 0.05) is 13.1 Å². The predicted molar refractivity (Wildman–Crippen MR) is 81.4 cm³/mol. The van der Waals surface area contributed by atoms with Crippen molar-refractivity contribution in [2.75, 3.05) is 20.2 Å². The summed E-state index contributed by atoms with van der Waals surface area (Å²) in [5.41, 5.74) is 5.23. The number of methoxy groups -OCH3 is 1. The van der Waals surface area contributed by atoms with Crippen molar-refractivity contribution >= 4 is 18.0 Å². The van der Waals surface area contributed by atoms with Gasteiger partial charge in [0.1, 0.15) is 11.6 Å².